The topological polar surface area (TPSA) is 105 Å². The summed E-state index contributed by atoms with van der Waals surface area (Å²) in [6, 6.07) is 18.8. The Bertz CT molecular complexity index is 1580. The quantitative estimate of drug-likeness (QED) is 0.112. The average molecular weight is 671 g/mol. The molecule has 0 fully saturated rings. The number of nitrogens with zero attached hydrogens (tertiary/aromatic N) is 3. The summed E-state index contributed by atoms with van der Waals surface area (Å²) >= 11 is 1.44. The van der Waals surface area contributed by atoms with Crippen LogP contribution >= 0.6 is 11.3 Å². The molecule has 4 rings (SSSR count). The lowest BCUT2D eigenvalue weighted by Crippen LogP contribution is -2.50. The molecule has 2 N–H and O–H groups in total. The third kappa shape index (κ3) is 10.5. The molecule has 2 amide bonds. The number of amides is 2. The van der Waals surface area contributed by atoms with Crippen molar-refractivity contribution in [3.05, 3.63) is 88.4 Å². The Morgan fingerprint density at radius 2 is 1.54 bits per heavy atom. The lowest BCUT2D eigenvalue weighted by molar-refractivity contribution is -0.133. The number of aliphatic hydroxyl groups excluding tert-OH is 1. The van der Waals surface area contributed by atoms with Gasteiger partial charge in [0.15, 0.2) is 5.82 Å². The number of unbranched alkanes of at least 4 members (excludes halogenated alkanes) is 4. The van der Waals surface area contributed by atoms with Crippen LogP contribution in [0.4, 0.5) is 0 Å². The number of aromatic nitrogens is 2. The minimum absolute atomic E-state index is 0.0714. The second kappa shape index (κ2) is 17.9. The minimum atomic E-state index is -0.784. The van der Waals surface area contributed by atoms with Gasteiger partial charge >= 0.3 is 0 Å². The average Bonchev–Trinajstić information content (AvgIpc) is 3.61. The zero-order valence-corrected chi connectivity index (χ0v) is 29.8. The standard InChI is InChI=1S/C39H50N4O4S/c1-6-8-9-10-11-24-47-32-18-16-29(17-19-32)31-26-40-36(41-27-31)30-14-12-28(13-15-30)25-33(38(46)43(7-2)22-23-44)42-37(45)34-20-21-35(48-34)39(3,4)5/h12-21,26-27,33,44H,6-11,22-25H2,1-5H3,(H,42,45). The number of hydrogen-bond donors (Lipinski definition) is 2. The summed E-state index contributed by atoms with van der Waals surface area (Å²) < 4.78 is 5.90. The second-order valence-corrected chi connectivity index (χ2v) is 14.1. The van der Waals surface area contributed by atoms with E-state index in [1.165, 1.54) is 37.0 Å². The SMILES string of the molecule is CCCCCCCOc1ccc(-c2cnc(-c3ccc(CC(NC(=O)c4ccc(C(C)(C)C)s4)C(=O)N(CC)CCO)cc3)nc2)cc1. The van der Waals surface area contributed by atoms with Gasteiger partial charge in [0.25, 0.3) is 5.91 Å². The molecule has 0 saturated heterocycles. The van der Waals surface area contributed by atoms with Crippen LogP contribution in [0.1, 0.15) is 86.8 Å². The highest BCUT2D eigenvalue weighted by atomic mass is 32.1. The Balaban J connectivity index is 1.41. The number of carbonyl (C=O) groups is 2. The van der Waals surface area contributed by atoms with Crippen molar-refractivity contribution in [3.63, 3.8) is 0 Å². The van der Waals surface area contributed by atoms with Crippen molar-refractivity contribution in [2.24, 2.45) is 0 Å². The molecule has 0 radical (unpaired) electrons. The smallest absolute Gasteiger partial charge is 0.262 e. The lowest BCUT2D eigenvalue weighted by atomic mass is 9.95. The number of aliphatic hydroxyl groups is 1. The number of thiophene rings is 1. The highest BCUT2D eigenvalue weighted by molar-refractivity contribution is 7.14. The first-order chi connectivity index (χ1) is 23.1. The van der Waals surface area contributed by atoms with Crippen LogP contribution in [0.3, 0.4) is 0 Å². The van der Waals surface area contributed by atoms with E-state index in [1.807, 2.05) is 80.0 Å². The van der Waals surface area contributed by atoms with Crippen molar-refractivity contribution in [2.45, 2.75) is 84.6 Å². The summed E-state index contributed by atoms with van der Waals surface area (Å²) in [5, 5.41) is 12.5. The molecule has 0 aliphatic carbocycles. The molecular formula is C39H50N4O4S. The van der Waals surface area contributed by atoms with Gasteiger partial charge in [0.05, 0.1) is 18.1 Å². The lowest BCUT2D eigenvalue weighted by Gasteiger charge is -2.26. The van der Waals surface area contributed by atoms with Crippen LogP contribution in [0.5, 0.6) is 5.75 Å². The Hall–Kier alpha value is -4.08. The molecular weight excluding hydrogens is 621 g/mol. The number of benzene rings is 2. The molecule has 2 aromatic carbocycles. The maximum absolute atomic E-state index is 13.5. The fourth-order valence-electron chi connectivity index (χ4n) is 5.35. The number of nitrogens with one attached hydrogen (secondary N) is 1. The number of likely N-dealkylation sites (N-methyl/N-ethyl adjacent to an activating group) is 1. The molecule has 2 aromatic heterocycles. The van der Waals surface area contributed by atoms with Crippen molar-refractivity contribution in [1.82, 2.24) is 20.2 Å². The van der Waals surface area contributed by atoms with Gasteiger partial charge in [-0.05, 0) is 54.2 Å². The van der Waals surface area contributed by atoms with Gasteiger partial charge in [-0.3, -0.25) is 9.59 Å². The Morgan fingerprint density at radius 3 is 2.15 bits per heavy atom. The van der Waals surface area contributed by atoms with E-state index in [-0.39, 0.29) is 30.4 Å². The van der Waals surface area contributed by atoms with E-state index in [4.69, 9.17) is 4.74 Å². The van der Waals surface area contributed by atoms with Crippen molar-refractivity contribution in [1.29, 1.82) is 0 Å². The largest absolute Gasteiger partial charge is 0.494 e. The van der Waals surface area contributed by atoms with E-state index < -0.39 is 6.04 Å². The van der Waals surface area contributed by atoms with Crippen LogP contribution in [0.25, 0.3) is 22.5 Å². The highest BCUT2D eigenvalue weighted by Crippen LogP contribution is 2.30. The van der Waals surface area contributed by atoms with E-state index in [2.05, 4.69) is 43.0 Å². The number of hydrogen-bond acceptors (Lipinski definition) is 7. The normalized spacial score (nSPS) is 12.0. The van der Waals surface area contributed by atoms with Gasteiger partial charge in [-0.1, -0.05) is 89.8 Å². The van der Waals surface area contributed by atoms with Gasteiger partial charge in [0.1, 0.15) is 11.8 Å². The molecule has 0 aliphatic heterocycles. The molecule has 1 atom stereocenters. The van der Waals surface area contributed by atoms with Crippen LogP contribution in [-0.4, -0.2) is 64.1 Å². The maximum atomic E-state index is 13.5. The molecule has 48 heavy (non-hydrogen) atoms. The molecule has 4 aromatic rings. The van der Waals surface area contributed by atoms with Crippen molar-refractivity contribution in [2.75, 3.05) is 26.3 Å². The summed E-state index contributed by atoms with van der Waals surface area (Å²) in [4.78, 5) is 39.3. The number of ether oxygens (including phenoxy) is 1. The van der Waals surface area contributed by atoms with Crippen LogP contribution < -0.4 is 10.1 Å². The van der Waals surface area contributed by atoms with Crippen molar-refractivity contribution >= 4 is 23.2 Å². The molecule has 0 spiro atoms. The third-order valence-corrected chi connectivity index (χ3v) is 9.75. The second-order valence-electron chi connectivity index (χ2n) is 13.1. The maximum Gasteiger partial charge on any atom is 0.262 e. The highest BCUT2D eigenvalue weighted by Gasteiger charge is 2.27. The van der Waals surface area contributed by atoms with E-state index in [0.717, 1.165) is 45.9 Å². The van der Waals surface area contributed by atoms with Crippen LogP contribution in [0, 0.1) is 0 Å². The summed E-state index contributed by atoms with van der Waals surface area (Å²) in [7, 11) is 0. The molecule has 0 bridgehead atoms. The van der Waals surface area contributed by atoms with E-state index in [1.54, 1.807) is 4.90 Å². The van der Waals surface area contributed by atoms with E-state index in [9.17, 15) is 14.7 Å². The molecule has 0 saturated carbocycles. The number of carbonyl (C=O) groups excluding carboxylic acids is 2. The first-order valence-electron chi connectivity index (χ1n) is 17.1. The molecule has 256 valence electrons. The van der Waals surface area contributed by atoms with Gasteiger partial charge < -0.3 is 20.1 Å². The zero-order valence-electron chi connectivity index (χ0n) is 29.0. The minimum Gasteiger partial charge on any atom is -0.494 e. The van der Waals surface area contributed by atoms with Gasteiger partial charge in [-0.15, -0.1) is 11.3 Å². The Kier molecular flexibility index (Phi) is 13.7. The van der Waals surface area contributed by atoms with Gasteiger partial charge in [-0.2, -0.15) is 0 Å². The van der Waals surface area contributed by atoms with E-state index >= 15 is 0 Å². The predicted octanol–water partition coefficient (Wildman–Crippen LogP) is 7.70. The van der Waals surface area contributed by atoms with Crippen molar-refractivity contribution < 1.29 is 19.4 Å². The first-order valence-corrected chi connectivity index (χ1v) is 17.9. The van der Waals surface area contributed by atoms with E-state index in [0.29, 0.717) is 23.7 Å². The Morgan fingerprint density at radius 1 is 0.875 bits per heavy atom. The van der Waals surface area contributed by atoms with Crippen molar-refractivity contribution in [3.8, 4) is 28.3 Å². The number of rotatable bonds is 17. The molecule has 9 heteroatoms. The van der Waals surface area contributed by atoms with Crippen LogP contribution in [-0.2, 0) is 16.6 Å². The molecule has 0 aliphatic rings. The summed E-state index contributed by atoms with van der Waals surface area (Å²) in [6.45, 7) is 11.6. The van der Waals surface area contributed by atoms with Gasteiger partial charge in [0, 0.05) is 47.9 Å². The third-order valence-electron chi connectivity index (χ3n) is 8.24. The summed E-state index contributed by atoms with van der Waals surface area (Å²) in [6.07, 6.45) is 10.0. The van der Waals surface area contributed by atoms with Crippen LogP contribution in [0.15, 0.2) is 73.1 Å². The molecule has 2 heterocycles. The molecule has 8 nitrogen and oxygen atoms in total. The monoisotopic (exact) mass is 670 g/mol. The summed E-state index contributed by atoms with van der Waals surface area (Å²) in [5.41, 5.74) is 3.60. The fraction of sp³-hybridized carbons (Fsp3) is 0.436. The van der Waals surface area contributed by atoms with Crippen LogP contribution in [0.2, 0.25) is 0 Å². The first kappa shape index (κ1) is 36.8. The van der Waals surface area contributed by atoms with Gasteiger partial charge in [-0.25, -0.2) is 9.97 Å². The molecule has 1 unspecified atom stereocenters. The fourth-order valence-corrected chi connectivity index (χ4v) is 6.32. The van der Waals surface area contributed by atoms with Gasteiger partial charge in [0.2, 0.25) is 5.91 Å². The Labute approximate surface area is 289 Å². The zero-order chi connectivity index (χ0) is 34.5. The predicted molar refractivity (Wildman–Crippen MR) is 194 cm³/mol. The summed E-state index contributed by atoms with van der Waals surface area (Å²) in [5.74, 6) is 0.963.